The molecule has 1 rings (SSSR count). The van der Waals surface area contributed by atoms with Crippen molar-refractivity contribution in [2.45, 2.75) is 16.9 Å². The number of ether oxygens (including phenoxy) is 2. The lowest BCUT2D eigenvalue weighted by Gasteiger charge is -2.05. The number of carbonyl (C=O) groups is 2. The molecule has 74 valence electrons. The van der Waals surface area contributed by atoms with Crippen LogP contribution >= 0.6 is 21.6 Å². The molecule has 0 aromatic heterocycles. The number of esters is 2. The minimum absolute atomic E-state index is 0.237. The Hall–Kier alpha value is -0.360. The normalized spacial score (nSPS) is 26.9. The first kappa shape index (κ1) is 10.7. The molecule has 0 spiro atoms. The highest BCUT2D eigenvalue weighted by molar-refractivity contribution is 8.78. The van der Waals surface area contributed by atoms with Crippen LogP contribution in [0, 0.1) is 0 Å². The molecule has 0 unspecified atom stereocenters. The quantitative estimate of drug-likeness (QED) is 0.510. The first-order valence-electron chi connectivity index (χ1n) is 3.66. The van der Waals surface area contributed by atoms with Crippen molar-refractivity contribution < 1.29 is 19.1 Å². The van der Waals surface area contributed by atoms with E-state index >= 15 is 0 Å². The van der Waals surface area contributed by atoms with Gasteiger partial charge in [-0.15, -0.1) is 0 Å². The van der Waals surface area contributed by atoms with Crippen LogP contribution in [0.25, 0.3) is 0 Å². The molecule has 1 heterocycles. The minimum atomic E-state index is -0.274. The van der Waals surface area contributed by atoms with Crippen molar-refractivity contribution in [1.29, 1.82) is 0 Å². The highest BCUT2D eigenvalue weighted by Crippen LogP contribution is 2.44. The fourth-order valence-corrected chi connectivity index (χ4v) is 3.97. The van der Waals surface area contributed by atoms with E-state index in [2.05, 4.69) is 9.47 Å². The van der Waals surface area contributed by atoms with Crippen LogP contribution in [0.3, 0.4) is 0 Å². The topological polar surface area (TPSA) is 52.6 Å². The molecule has 0 amide bonds. The van der Waals surface area contributed by atoms with E-state index in [0.29, 0.717) is 6.42 Å². The number of hydrogen-bond donors (Lipinski definition) is 0. The van der Waals surface area contributed by atoms with Gasteiger partial charge in [-0.3, -0.25) is 9.59 Å². The van der Waals surface area contributed by atoms with Gasteiger partial charge in [0.05, 0.1) is 14.2 Å². The van der Waals surface area contributed by atoms with Gasteiger partial charge in [0, 0.05) is 0 Å². The van der Waals surface area contributed by atoms with E-state index in [4.69, 9.17) is 0 Å². The monoisotopic (exact) mass is 222 g/mol. The molecule has 0 aromatic rings. The van der Waals surface area contributed by atoms with Crippen LogP contribution in [-0.4, -0.2) is 36.7 Å². The number of carbonyl (C=O) groups excluding carboxylic acids is 2. The Balaban J connectivity index is 2.44. The van der Waals surface area contributed by atoms with Gasteiger partial charge >= 0.3 is 11.9 Å². The van der Waals surface area contributed by atoms with Gasteiger partial charge in [0.2, 0.25) is 0 Å². The Bertz CT molecular complexity index is 197. The van der Waals surface area contributed by atoms with Crippen molar-refractivity contribution in [2.75, 3.05) is 14.2 Å². The molecular formula is C7H10O4S2. The van der Waals surface area contributed by atoms with Gasteiger partial charge < -0.3 is 9.47 Å². The lowest BCUT2D eigenvalue weighted by atomic mass is 10.2. The van der Waals surface area contributed by atoms with Crippen LogP contribution in [0.1, 0.15) is 6.42 Å². The predicted octanol–water partition coefficient (Wildman–Crippen LogP) is 0.855. The zero-order valence-electron chi connectivity index (χ0n) is 7.31. The third-order valence-corrected chi connectivity index (χ3v) is 4.72. The van der Waals surface area contributed by atoms with Crippen molar-refractivity contribution in [3.63, 3.8) is 0 Å². The minimum Gasteiger partial charge on any atom is -0.468 e. The summed E-state index contributed by atoms with van der Waals surface area (Å²) in [6, 6.07) is 0. The molecular weight excluding hydrogens is 212 g/mol. The fourth-order valence-electron chi connectivity index (χ4n) is 0.941. The van der Waals surface area contributed by atoms with Gasteiger partial charge in [-0.05, 0) is 6.42 Å². The third-order valence-electron chi connectivity index (χ3n) is 1.64. The second-order valence-corrected chi connectivity index (χ2v) is 5.13. The molecule has 0 bridgehead atoms. The highest BCUT2D eigenvalue weighted by atomic mass is 33.1. The molecule has 1 aliphatic heterocycles. The summed E-state index contributed by atoms with van der Waals surface area (Å²) in [7, 11) is 5.43. The predicted molar refractivity (Wildman–Crippen MR) is 51.4 cm³/mol. The molecule has 6 heteroatoms. The second-order valence-electron chi connectivity index (χ2n) is 2.45. The second kappa shape index (κ2) is 4.76. The summed E-state index contributed by atoms with van der Waals surface area (Å²) in [5.74, 6) is -0.548. The highest BCUT2D eigenvalue weighted by Gasteiger charge is 2.36. The molecule has 0 N–H and O–H groups in total. The van der Waals surface area contributed by atoms with Crippen LogP contribution in [0.2, 0.25) is 0 Å². The summed E-state index contributed by atoms with van der Waals surface area (Å²) >= 11 is 0. The fraction of sp³-hybridized carbons (Fsp3) is 0.714. The van der Waals surface area contributed by atoms with E-state index in [-0.39, 0.29) is 22.4 Å². The Morgan fingerprint density at radius 2 is 1.46 bits per heavy atom. The van der Waals surface area contributed by atoms with Gasteiger partial charge in [-0.1, -0.05) is 21.6 Å². The molecule has 0 aromatic carbocycles. The lowest BCUT2D eigenvalue weighted by Crippen LogP contribution is -2.22. The average molecular weight is 222 g/mol. The summed E-state index contributed by atoms with van der Waals surface area (Å²) in [5.41, 5.74) is 0. The molecule has 0 radical (unpaired) electrons. The number of rotatable bonds is 2. The smallest absolute Gasteiger partial charge is 0.319 e. The SMILES string of the molecule is COC(=O)[C@@H]1C[C@H](C(=O)OC)SS1. The lowest BCUT2D eigenvalue weighted by molar-refractivity contribution is -0.141. The Morgan fingerprint density at radius 3 is 1.77 bits per heavy atom. The van der Waals surface area contributed by atoms with Crippen molar-refractivity contribution in [3.05, 3.63) is 0 Å². The maximum Gasteiger partial charge on any atom is 0.319 e. The molecule has 1 saturated heterocycles. The number of hydrogen-bond acceptors (Lipinski definition) is 6. The van der Waals surface area contributed by atoms with E-state index in [1.54, 1.807) is 0 Å². The van der Waals surface area contributed by atoms with Crippen molar-refractivity contribution in [2.24, 2.45) is 0 Å². The van der Waals surface area contributed by atoms with Crippen molar-refractivity contribution in [3.8, 4) is 0 Å². The summed E-state index contributed by atoms with van der Waals surface area (Å²) in [6.07, 6.45) is 0.495. The zero-order chi connectivity index (χ0) is 9.84. The Kier molecular flexibility index (Phi) is 3.92. The Morgan fingerprint density at radius 1 is 1.08 bits per heavy atom. The van der Waals surface area contributed by atoms with E-state index < -0.39 is 0 Å². The van der Waals surface area contributed by atoms with Gasteiger partial charge in [-0.25, -0.2) is 0 Å². The van der Waals surface area contributed by atoms with Crippen LogP contribution in [-0.2, 0) is 19.1 Å². The zero-order valence-corrected chi connectivity index (χ0v) is 8.94. The molecule has 2 atom stereocenters. The van der Waals surface area contributed by atoms with Gasteiger partial charge in [0.25, 0.3) is 0 Å². The first-order chi connectivity index (χ1) is 6.19. The Labute approximate surface area is 84.1 Å². The van der Waals surface area contributed by atoms with Crippen LogP contribution in [0.4, 0.5) is 0 Å². The summed E-state index contributed by atoms with van der Waals surface area (Å²) in [6.45, 7) is 0. The molecule has 13 heavy (non-hydrogen) atoms. The first-order valence-corrected chi connectivity index (χ1v) is 5.94. The average Bonchev–Trinajstić information content (AvgIpc) is 2.64. The molecule has 4 nitrogen and oxygen atoms in total. The van der Waals surface area contributed by atoms with Crippen LogP contribution < -0.4 is 0 Å². The molecule has 0 saturated carbocycles. The van der Waals surface area contributed by atoms with E-state index in [9.17, 15) is 9.59 Å². The molecule has 0 aliphatic carbocycles. The van der Waals surface area contributed by atoms with E-state index in [1.165, 1.54) is 35.8 Å². The van der Waals surface area contributed by atoms with Crippen LogP contribution in [0.5, 0.6) is 0 Å². The third kappa shape index (κ3) is 2.54. The van der Waals surface area contributed by atoms with Crippen molar-refractivity contribution in [1.82, 2.24) is 0 Å². The van der Waals surface area contributed by atoms with Crippen molar-refractivity contribution >= 4 is 33.5 Å². The molecule has 1 fully saturated rings. The summed E-state index contributed by atoms with van der Waals surface area (Å²) in [4.78, 5) is 22.1. The number of methoxy groups -OCH3 is 2. The van der Waals surface area contributed by atoms with Gasteiger partial charge in [0.1, 0.15) is 10.5 Å². The standard InChI is InChI=1S/C7H10O4S2/c1-10-6(8)4-3-5(13-12-4)7(9)11-2/h4-5H,3H2,1-2H3/t4-,5+. The largest absolute Gasteiger partial charge is 0.468 e. The van der Waals surface area contributed by atoms with E-state index in [0.717, 1.165) is 0 Å². The summed E-state index contributed by atoms with van der Waals surface area (Å²) in [5, 5.41) is -0.474. The maximum atomic E-state index is 11.1. The maximum absolute atomic E-state index is 11.1. The summed E-state index contributed by atoms with van der Waals surface area (Å²) < 4.78 is 9.14. The van der Waals surface area contributed by atoms with Gasteiger partial charge in [0.15, 0.2) is 0 Å². The molecule has 1 aliphatic rings. The van der Waals surface area contributed by atoms with Gasteiger partial charge in [-0.2, -0.15) is 0 Å². The van der Waals surface area contributed by atoms with Crippen LogP contribution in [0.15, 0.2) is 0 Å². The van der Waals surface area contributed by atoms with E-state index in [1.807, 2.05) is 0 Å².